The molecule has 4 atom stereocenters. The summed E-state index contributed by atoms with van der Waals surface area (Å²) in [6.07, 6.45) is 17.0. The second-order valence-corrected chi connectivity index (χ2v) is 9.71. The Bertz CT molecular complexity index is 429. The largest absolute Gasteiger partial charge is 0.244 e. The van der Waals surface area contributed by atoms with Crippen molar-refractivity contribution in [2.75, 3.05) is 0 Å². The zero-order valence-electron chi connectivity index (χ0n) is 17.0. The van der Waals surface area contributed by atoms with E-state index in [1.807, 2.05) is 6.92 Å². The van der Waals surface area contributed by atoms with Gasteiger partial charge in [0.1, 0.15) is 12.3 Å². The first-order chi connectivity index (χ1) is 12.6. The third-order valence-corrected chi connectivity index (χ3v) is 8.17. The van der Waals surface area contributed by atoms with Gasteiger partial charge in [-0.3, -0.25) is 0 Å². The lowest BCUT2D eigenvalue weighted by Crippen LogP contribution is -2.41. The van der Waals surface area contributed by atoms with Crippen LogP contribution in [-0.4, -0.2) is 12.3 Å². The first-order valence-electron chi connectivity index (χ1n) is 11.5. The Morgan fingerprint density at radius 2 is 1.31 bits per heavy atom. The molecule has 2 heteroatoms. The van der Waals surface area contributed by atoms with E-state index in [1.165, 1.54) is 51.4 Å². The Morgan fingerprint density at radius 1 is 0.731 bits per heavy atom. The summed E-state index contributed by atoms with van der Waals surface area (Å²) in [6.45, 7) is 3.99. The molecule has 0 aromatic carbocycles. The maximum absolute atomic E-state index is 14.5. The van der Waals surface area contributed by atoms with E-state index in [0.717, 1.165) is 43.4 Å². The highest BCUT2D eigenvalue weighted by molar-refractivity contribution is 4.92. The molecule has 3 rings (SSSR count). The zero-order chi connectivity index (χ0) is 18.5. The van der Waals surface area contributed by atoms with E-state index in [4.69, 9.17) is 0 Å². The summed E-state index contributed by atoms with van der Waals surface area (Å²) >= 11 is 0. The Labute approximate surface area is 160 Å². The molecular formula is C24H40F2. The molecule has 0 amide bonds. The second kappa shape index (κ2) is 9.69. The van der Waals surface area contributed by atoms with Gasteiger partial charge in [0.25, 0.3) is 0 Å². The van der Waals surface area contributed by atoms with Crippen LogP contribution in [0.3, 0.4) is 0 Å². The third-order valence-electron chi connectivity index (χ3n) is 8.17. The second-order valence-electron chi connectivity index (χ2n) is 9.71. The first kappa shape index (κ1) is 20.3. The van der Waals surface area contributed by atoms with Gasteiger partial charge in [0.2, 0.25) is 0 Å². The number of rotatable bonds is 5. The zero-order valence-corrected chi connectivity index (χ0v) is 17.0. The molecule has 3 fully saturated rings. The number of allylic oxidation sites excluding steroid dienone is 2. The molecule has 0 aromatic rings. The van der Waals surface area contributed by atoms with Gasteiger partial charge in [-0.1, -0.05) is 31.9 Å². The minimum absolute atomic E-state index is 0.00417. The Morgan fingerprint density at radius 3 is 1.92 bits per heavy atom. The molecule has 0 bridgehead atoms. The van der Waals surface area contributed by atoms with Gasteiger partial charge >= 0.3 is 0 Å². The molecule has 150 valence electrons. The van der Waals surface area contributed by atoms with Gasteiger partial charge in [-0.2, -0.15) is 0 Å². The summed E-state index contributed by atoms with van der Waals surface area (Å²) in [4.78, 5) is 0. The molecule has 0 aliphatic heterocycles. The monoisotopic (exact) mass is 366 g/mol. The molecule has 3 aliphatic rings. The molecule has 4 unspecified atom stereocenters. The van der Waals surface area contributed by atoms with Gasteiger partial charge in [-0.05, 0) is 107 Å². The molecule has 0 radical (unpaired) electrons. The fourth-order valence-corrected chi connectivity index (χ4v) is 6.31. The van der Waals surface area contributed by atoms with Crippen LogP contribution in [0.1, 0.15) is 90.9 Å². The Kier molecular flexibility index (Phi) is 7.58. The molecule has 3 saturated carbocycles. The summed E-state index contributed by atoms with van der Waals surface area (Å²) in [5.74, 6) is 3.09. The van der Waals surface area contributed by atoms with Crippen LogP contribution < -0.4 is 0 Å². The van der Waals surface area contributed by atoms with Crippen molar-refractivity contribution in [3.8, 4) is 0 Å². The smallest absolute Gasteiger partial charge is 0.134 e. The van der Waals surface area contributed by atoms with Crippen molar-refractivity contribution in [2.45, 2.75) is 103 Å². The van der Waals surface area contributed by atoms with Gasteiger partial charge in [-0.15, -0.1) is 0 Å². The van der Waals surface area contributed by atoms with E-state index in [1.54, 1.807) is 0 Å². The van der Waals surface area contributed by atoms with E-state index in [9.17, 15) is 8.78 Å². The number of hydrogen-bond donors (Lipinski definition) is 0. The van der Waals surface area contributed by atoms with E-state index < -0.39 is 12.3 Å². The predicted octanol–water partition coefficient (Wildman–Crippen LogP) is 7.68. The molecular weight excluding hydrogens is 326 g/mol. The normalized spacial score (nSPS) is 45.1. The first-order valence-corrected chi connectivity index (χ1v) is 11.5. The van der Waals surface area contributed by atoms with E-state index in [2.05, 4.69) is 19.1 Å². The van der Waals surface area contributed by atoms with Crippen molar-refractivity contribution in [1.29, 1.82) is 0 Å². The topological polar surface area (TPSA) is 0 Å². The lowest BCUT2D eigenvalue weighted by molar-refractivity contribution is -0.0101. The van der Waals surface area contributed by atoms with Gasteiger partial charge in [0.05, 0.1) is 0 Å². The Hall–Kier alpha value is -0.400. The predicted molar refractivity (Wildman–Crippen MR) is 107 cm³/mol. The van der Waals surface area contributed by atoms with Crippen molar-refractivity contribution >= 4 is 0 Å². The highest BCUT2D eigenvalue weighted by Gasteiger charge is 2.43. The minimum atomic E-state index is -1.22. The van der Waals surface area contributed by atoms with Crippen LogP contribution >= 0.6 is 0 Å². The molecule has 0 heterocycles. The van der Waals surface area contributed by atoms with Crippen molar-refractivity contribution in [2.24, 2.45) is 35.5 Å². The number of alkyl halides is 2. The molecule has 0 nitrogen and oxygen atoms in total. The molecule has 0 N–H and O–H groups in total. The van der Waals surface area contributed by atoms with Gasteiger partial charge in [-0.25, -0.2) is 8.78 Å². The van der Waals surface area contributed by atoms with Crippen LogP contribution in [0.15, 0.2) is 12.2 Å². The maximum Gasteiger partial charge on any atom is 0.134 e. The maximum atomic E-state index is 14.5. The highest BCUT2D eigenvalue weighted by Crippen LogP contribution is 2.47. The highest BCUT2D eigenvalue weighted by atomic mass is 19.2. The van der Waals surface area contributed by atoms with Crippen LogP contribution in [0.2, 0.25) is 0 Å². The molecule has 0 aromatic heterocycles. The SMILES string of the molecule is C/C=C/CCC1CCC(C2CCC(C3CCC(C)C(F)C3F)CC2)CC1. The van der Waals surface area contributed by atoms with Gasteiger partial charge in [0.15, 0.2) is 0 Å². The molecule has 0 spiro atoms. The average Bonchev–Trinajstić information content (AvgIpc) is 2.67. The van der Waals surface area contributed by atoms with E-state index in [-0.39, 0.29) is 11.8 Å². The van der Waals surface area contributed by atoms with Crippen molar-refractivity contribution < 1.29 is 8.78 Å². The van der Waals surface area contributed by atoms with Crippen LogP contribution in [0.25, 0.3) is 0 Å². The van der Waals surface area contributed by atoms with Crippen molar-refractivity contribution in [1.82, 2.24) is 0 Å². The molecule has 3 aliphatic carbocycles. The van der Waals surface area contributed by atoms with Gasteiger partial charge in [0, 0.05) is 0 Å². The standard InChI is InChI=1S/C24H40F2/c1-3-4-5-6-18-8-10-19(11-9-18)20-12-14-21(15-13-20)22-16-7-17(2)23(25)24(22)26/h3-4,17-24H,5-16H2,1-2H3/b4-3+. The number of halogens is 2. The lowest BCUT2D eigenvalue weighted by Gasteiger charge is -2.43. The molecule has 26 heavy (non-hydrogen) atoms. The summed E-state index contributed by atoms with van der Waals surface area (Å²) in [6, 6.07) is 0. The minimum Gasteiger partial charge on any atom is -0.244 e. The number of hydrogen-bond acceptors (Lipinski definition) is 0. The van der Waals surface area contributed by atoms with Crippen LogP contribution in [0.5, 0.6) is 0 Å². The summed E-state index contributed by atoms with van der Waals surface area (Å²) in [5, 5.41) is 0. The van der Waals surface area contributed by atoms with Crippen LogP contribution in [0, 0.1) is 35.5 Å². The van der Waals surface area contributed by atoms with Gasteiger partial charge < -0.3 is 0 Å². The molecule has 0 saturated heterocycles. The average molecular weight is 367 g/mol. The van der Waals surface area contributed by atoms with E-state index in [0.29, 0.717) is 5.92 Å². The van der Waals surface area contributed by atoms with E-state index >= 15 is 0 Å². The Balaban J connectivity index is 1.40. The fourth-order valence-electron chi connectivity index (χ4n) is 6.31. The van der Waals surface area contributed by atoms with Crippen molar-refractivity contribution in [3.63, 3.8) is 0 Å². The van der Waals surface area contributed by atoms with Crippen LogP contribution in [-0.2, 0) is 0 Å². The quantitative estimate of drug-likeness (QED) is 0.438. The summed E-state index contributed by atoms with van der Waals surface area (Å²) in [5.41, 5.74) is 0. The summed E-state index contributed by atoms with van der Waals surface area (Å²) in [7, 11) is 0. The third kappa shape index (κ3) is 4.90. The lowest BCUT2D eigenvalue weighted by atomic mass is 9.64. The van der Waals surface area contributed by atoms with Crippen LogP contribution in [0.4, 0.5) is 8.78 Å². The van der Waals surface area contributed by atoms with Crippen molar-refractivity contribution in [3.05, 3.63) is 12.2 Å². The fraction of sp³-hybridized carbons (Fsp3) is 0.917. The summed E-state index contributed by atoms with van der Waals surface area (Å²) < 4.78 is 28.6.